The highest BCUT2D eigenvalue weighted by atomic mass is 16.5. The number of methoxy groups -OCH3 is 2. The number of piperazine rings is 1. The molecule has 0 spiro atoms. The third-order valence-corrected chi connectivity index (χ3v) is 5.96. The first-order valence-electron chi connectivity index (χ1n) is 11.3. The van der Waals surface area contributed by atoms with Crippen LogP contribution in [-0.4, -0.2) is 56.4 Å². The van der Waals surface area contributed by atoms with Crippen molar-refractivity contribution in [1.29, 1.82) is 0 Å². The van der Waals surface area contributed by atoms with Gasteiger partial charge in [0.25, 0.3) is 0 Å². The van der Waals surface area contributed by atoms with Gasteiger partial charge in [0.1, 0.15) is 11.5 Å². The highest BCUT2D eigenvalue weighted by molar-refractivity contribution is 5.70. The number of esters is 1. The number of aromatic hydroxyl groups is 1. The number of carbonyl (C=O) groups is 1. The summed E-state index contributed by atoms with van der Waals surface area (Å²) in [6.07, 6.45) is 0.644. The number of anilines is 1. The molecule has 0 radical (unpaired) electrons. The Bertz CT molecular complexity index is 977. The zero-order valence-electron chi connectivity index (χ0n) is 19.9. The molecule has 1 aliphatic heterocycles. The van der Waals surface area contributed by atoms with Crippen LogP contribution in [-0.2, 0) is 16.1 Å². The van der Waals surface area contributed by atoms with Crippen LogP contribution in [0.15, 0.2) is 39.5 Å². The van der Waals surface area contributed by atoms with E-state index in [0.29, 0.717) is 18.7 Å². The number of benzene rings is 1. The first-order valence-corrected chi connectivity index (χ1v) is 11.3. The summed E-state index contributed by atoms with van der Waals surface area (Å²) < 4.78 is 16.0. The van der Waals surface area contributed by atoms with Crippen molar-refractivity contribution in [1.82, 2.24) is 4.90 Å². The predicted octanol–water partition coefficient (Wildman–Crippen LogP) is 3.37. The Balaban J connectivity index is 1.70. The van der Waals surface area contributed by atoms with Crippen LogP contribution in [0.1, 0.15) is 44.1 Å². The summed E-state index contributed by atoms with van der Waals surface area (Å²) in [7, 11) is 2.98. The summed E-state index contributed by atoms with van der Waals surface area (Å²) in [6.45, 7) is 7.81. The molecule has 33 heavy (non-hydrogen) atoms. The Morgan fingerprint density at radius 2 is 1.79 bits per heavy atom. The lowest BCUT2D eigenvalue weighted by Crippen LogP contribution is -2.46. The quantitative estimate of drug-likeness (QED) is 0.572. The van der Waals surface area contributed by atoms with Crippen LogP contribution in [0.5, 0.6) is 11.5 Å². The van der Waals surface area contributed by atoms with Crippen LogP contribution < -0.4 is 15.1 Å². The Morgan fingerprint density at radius 3 is 2.36 bits per heavy atom. The van der Waals surface area contributed by atoms with E-state index in [9.17, 15) is 14.7 Å². The Morgan fingerprint density at radius 1 is 1.12 bits per heavy atom. The van der Waals surface area contributed by atoms with Gasteiger partial charge < -0.3 is 23.9 Å². The lowest BCUT2D eigenvalue weighted by molar-refractivity contribution is -0.141. The van der Waals surface area contributed by atoms with E-state index in [4.69, 9.17) is 13.9 Å². The maximum Gasteiger partial charge on any atom is 0.306 e. The summed E-state index contributed by atoms with van der Waals surface area (Å²) >= 11 is 0. The van der Waals surface area contributed by atoms with E-state index >= 15 is 0 Å². The second-order valence-electron chi connectivity index (χ2n) is 8.86. The van der Waals surface area contributed by atoms with Gasteiger partial charge in [-0.2, -0.15) is 0 Å². The van der Waals surface area contributed by atoms with Crippen molar-refractivity contribution in [3.63, 3.8) is 0 Å². The number of carbonyl (C=O) groups excluding carboxylic acids is 1. The molecule has 0 saturated carbocycles. The summed E-state index contributed by atoms with van der Waals surface area (Å²) in [4.78, 5) is 28.9. The number of ether oxygens (including phenoxy) is 2. The number of rotatable bonds is 9. The first kappa shape index (κ1) is 24.6. The molecular formula is C25H34N2O6. The van der Waals surface area contributed by atoms with E-state index in [0.717, 1.165) is 37.6 Å². The van der Waals surface area contributed by atoms with Gasteiger partial charge in [0.2, 0.25) is 11.2 Å². The lowest BCUT2D eigenvalue weighted by Gasteiger charge is -2.36. The van der Waals surface area contributed by atoms with E-state index in [1.807, 2.05) is 26.0 Å². The van der Waals surface area contributed by atoms with E-state index in [1.54, 1.807) is 7.11 Å². The fourth-order valence-electron chi connectivity index (χ4n) is 4.22. The van der Waals surface area contributed by atoms with Crippen molar-refractivity contribution in [2.24, 2.45) is 5.92 Å². The van der Waals surface area contributed by atoms with Crippen molar-refractivity contribution in [2.45, 2.75) is 39.2 Å². The highest BCUT2D eigenvalue weighted by Gasteiger charge is 2.26. The van der Waals surface area contributed by atoms with Crippen LogP contribution in [0.3, 0.4) is 0 Å². The summed E-state index contributed by atoms with van der Waals surface area (Å²) in [5, 5.41) is 10.4. The van der Waals surface area contributed by atoms with Crippen molar-refractivity contribution < 1.29 is 23.8 Å². The third-order valence-electron chi connectivity index (χ3n) is 5.96. The van der Waals surface area contributed by atoms with Gasteiger partial charge >= 0.3 is 5.97 Å². The topological polar surface area (TPSA) is 92.5 Å². The smallest absolute Gasteiger partial charge is 0.306 e. The summed E-state index contributed by atoms with van der Waals surface area (Å²) in [5.41, 5.74) is 0.662. The largest absolute Gasteiger partial charge is 0.502 e. The molecule has 1 atom stereocenters. The van der Waals surface area contributed by atoms with Gasteiger partial charge in [-0.05, 0) is 36.6 Å². The molecule has 3 rings (SSSR count). The van der Waals surface area contributed by atoms with Crippen molar-refractivity contribution in [2.75, 3.05) is 45.3 Å². The van der Waals surface area contributed by atoms with Gasteiger partial charge in [0.05, 0.1) is 27.2 Å². The molecule has 0 unspecified atom stereocenters. The van der Waals surface area contributed by atoms with Crippen molar-refractivity contribution in [3.8, 4) is 11.5 Å². The zero-order chi connectivity index (χ0) is 24.0. The minimum Gasteiger partial charge on any atom is -0.502 e. The van der Waals surface area contributed by atoms with E-state index in [2.05, 4.69) is 21.9 Å². The Kier molecular flexibility index (Phi) is 8.38. The van der Waals surface area contributed by atoms with Gasteiger partial charge in [-0.1, -0.05) is 13.8 Å². The molecule has 2 aromatic rings. The third kappa shape index (κ3) is 6.51. The molecule has 8 nitrogen and oxygen atoms in total. The molecule has 0 bridgehead atoms. The first-order chi connectivity index (χ1) is 15.8. The summed E-state index contributed by atoms with van der Waals surface area (Å²) in [6, 6.07) is 9.36. The second kappa shape index (κ2) is 11.2. The molecule has 0 aliphatic carbocycles. The fourth-order valence-corrected chi connectivity index (χ4v) is 4.22. The van der Waals surface area contributed by atoms with Gasteiger partial charge in [0.15, 0.2) is 5.76 Å². The number of nitrogens with zero attached hydrogens (tertiary/aromatic N) is 2. The molecule has 1 N–H and O–H groups in total. The van der Waals surface area contributed by atoms with Crippen molar-refractivity contribution >= 4 is 11.7 Å². The fraction of sp³-hybridized carbons (Fsp3) is 0.520. The highest BCUT2D eigenvalue weighted by Crippen LogP contribution is 2.33. The Hall–Kier alpha value is -3.00. The standard InChI is InChI=1S/C25H34N2O6/c1-17(2)13-18(14-23(29)32-4)25-24(30)22(28)15-21(33-25)16-26-9-11-27(12-10-26)19-5-7-20(31-3)8-6-19/h5-8,15,17-18,30H,9-14,16H2,1-4H3/t18-/m0/s1. The molecular weight excluding hydrogens is 424 g/mol. The maximum atomic E-state index is 12.5. The molecule has 1 aromatic carbocycles. The van der Waals surface area contributed by atoms with Gasteiger partial charge in [0, 0.05) is 43.9 Å². The SMILES string of the molecule is COC(=O)C[C@H](CC(C)C)c1oc(CN2CCN(c3ccc(OC)cc3)CC2)cc(=O)c1O. The molecule has 1 fully saturated rings. The monoisotopic (exact) mass is 458 g/mol. The predicted molar refractivity (Wildman–Crippen MR) is 126 cm³/mol. The van der Waals surface area contributed by atoms with Crippen LogP contribution in [0.25, 0.3) is 0 Å². The van der Waals surface area contributed by atoms with E-state index in [1.165, 1.54) is 13.2 Å². The average molecular weight is 459 g/mol. The minimum absolute atomic E-state index is 0.0508. The number of hydrogen-bond acceptors (Lipinski definition) is 8. The summed E-state index contributed by atoms with van der Waals surface area (Å²) in [5.74, 6) is 0.507. The normalized spacial score (nSPS) is 15.5. The Labute approximate surface area is 194 Å². The van der Waals surface area contributed by atoms with Gasteiger partial charge in [-0.3, -0.25) is 14.5 Å². The average Bonchev–Trinajstić information content (AvgIpc) is 2.81. The molecule has 1 aromatic heterocycles. The molecule has 1 aliphatic rings. The zero-order valence-corrected chi connectivity index (χ0v) is 19.9. The van der Waals surface area contributed by atoms with Crippen LogP contribution in [0.4, 0.5) is 5.69 Å². The molecule has 2 heterocycles. The molecule has 180 valence electrons. The molecule has 0 amide bonds. The van der Waals surface area contributed by atoms with Crippen LogP contribution in [0, 0.1) is 5.92 Å². The van der Waals surface area contributed by atoms with E-state index in [-0.39, 0.29) is 18.1 Å². The van der Waals surface area contributed by atoms with Crippen molar-refractivity contribution in [3.05, 3.63) is 52.1 Å². The van der Waals surface area contributed by atoms with Gasteiger partial charge in [-0.25, -0.2) is 0 Å². The molecule has 8 heteroatoms. The molecule has 1 saturated heterocycles. The second-order valence-corrected chi connectivity index (χ2v) is 8.86. The van der Waals surface area contributed by atoms with Crippen LogP contribution in [0.2, 0.25) is 0 Å². The minimum atomic E-state index is -0.484. The van der Waals surface area contributed by atoms with Crippen LogP contribution >= 0.6 is 0 Å². The lowest BCUT2D eigenvalue weighted by atomic mass is 9.91. The van der Waals surface area contributed by atoms with E-state index < -0.39 is 23.1 Å². The number of hydrogen-bond donors (Lipinski definition) is 1. The maximum absolute atomic E-state index is 12.5. The van der Waals surface area contributed by atoms with Gasteiger partial charge in [-0.15, -0.1) is 0 Å².